The Kier molecular flexibility index (Phi) is 3.61. The summed E-state index contributed by atoms with van der Waals surface area (Å²) in [5.41, 5.74) is 0.934. The van der Waals surface area contributed by atoms with Crippen molar-refractivity contribution in [3.05, 3.63) is 46.3 Å². The van der Waals surface area contributed by atoms with Crippen LogP contribution < -0.4 is 10.1 Å². The number of halogens is 1. The zero-order valence-corrected chi connectivity index (χ0v) is 10.9. The molecule has 1 heterocycles. The van der Waals surface area contributed by atoms with Gasteiger partial charge in [0.05, 0.1) is 21.7 Å². The molecule has 0 spiro atoms. The predicted octanol–water partition coefficient (Wildman–Crippen LogP) is 3.52. The van der Waals surface area contributed by atoms with Gasteiger partial charge in [-0.05, 0) is 34.7 Å². The van der Waals surface area contributed by atoms with Crippen LogP contribution in [-0.2, 0) is 0 Å². The molecule has 2 rings (SSSR count). The third kappa shape index (κ3) is 2.63. The molecule has 1 aromatic heterocycles. The summed E-state index contributed by atoms with van der Waals surface area (Å²) in [5.74, 6) is 1.58. The van der Waals surface area contributed by atoms with Gasteiger partial charge in [-0.25, -0.2) is 0 Å². The summed E-state index contributed by atoms with van der Waals surface area (Å²) < 4.78 is 6.82. The van der Waals surface area contributed by atoms with Crippen LogP contribution in [0.5, 0.6) is 11.5 Å². The first-order chi connectivity index (χ1) is 7.79. The van der Waals surface area contributed by atoms with Gasteiger partial charge in [-0.2, -0.15) is 0 Å². The maximum absolute atomic E-state index is 5.74. The molecule has 0 saturated carbocycles. The number of pyridine rings is 1. The molecular weight excluding hydrogens is 315 g/mol. The smallest absolute Gasteiger partial charge is 0.147 e. The lowest BCUT2D eigenvalue weighted by Gasteiger charge is -2.08. The fraction of sp³-hybridized carbons (Fsp3) is 0.0833. The lowest BCUT2D eigenvalue weighted by molar-refractivity contribution is 0.477. The maximum atomic E-state index is 5.74. The molecule has 16 heavy (non-hydrogen) atoms. The third-order valence-electron chi connectivity index (χ3n) is 2.07. The van der Waals surface area contributed by atoms with Crippen molar-refractivity contribution in [2.75, 3.05) is 12.4 Å². The van der Waals surface area contributed by atoms with Crippen LogP contribution in [0.3, 0.4) is 0 Å². The molecule has 0 aliphatic rings. The number of hydrogen-bond acceptors (Lipinski definition) is 3. The van der Waals surface area contributed by atoms with E-state index in [1.807, 2.05) is 37.4 Å². The van der Waals surface area contributed by atoms with Gasteiger partial charge in [-0.1, -0.05) is 12.1 Å². The van der Waals surface area contributed by atoms with Crippen LogP contribution in [0.4, 0.5) is 5.69 Å². The zero-order valence-electron chi connectivity index (χ0n) is 8.77. The summed E-state index contributed by atoms with van der Waals surface area (Å²) in [5, 5.41) is 3.02. The van der Waals surface area contributed by atoms with Crippen molar-refractivity contribution < 1.29 is 4.74 Å². The molecule has 1 aromatic carbocycles. The van der Waals surface area contributed by atoms with Crippen molar-refractivity contribution >= 4 is 28.3 Å². The Morgan fingerprint density at radius 2 is 2.06 bits per heavy atom. The first-order valence-electron chi connectivity index (χ1n) is 4.85. The number of rotatable bonds is 3. The number of benzene rings is 1. The Morgan fingerprint density at radius 1 is 1.25 bits per heavy atom. The highest BCUT2D eigenvalue weighted by molar-refractivity contribution is 14.1. The van der Waals surface area contributed by atoms with Gasteiger partial charge in [0.2, 0.25) is 0 Å². The first-order valence-corrected chi connectivity index (χ1v) is 5.92. The lowest BCUT2D eigenvalue weighted by Crippen LogP contribution is -1.92. The molecule has 1 N–H and O–H groups in total. The number of ether oxygens (including phenoxy) is 1. The summed E-state index contributed by atoms with van der Waals surface area (Å²) in [4.78, 5) is 4.09. The van der Waals surface area contributed by atoms with Gasteiger partial charge in [0.25, 0.3) is 0 Å². The molecule has 0 fully saturated rings. The van der Waals surface area contributed by atoms with Gasteiger partial charge in [0, 0.05) is 13.1 Å². The number of nitrogens with zero attached hydrogens (tertiary/aromatic N) is 1. The van der Waals surface area contributed by atoms with Crippen LogP contribution in [0.2, 0.25) is 0 Å². The second-order valence-corrected chi connectivity index (χ2v) is 4.35. The Balaban J connectivity index is 2.24. The highest BCUT2D eigenvalue weighted by Gasteiger charge is 2.02. The van der Waals surface area contributed by atoms with Crippen LogP contribution in [-0.4, -0.2) is 12.0 Å². The molecule has 0 aliphatic heterocycles. The summed E-state index contributed by atoms with van der Waals surface area (Å²) in [7, 11) is 1.85. The fourth-order valence-electron chi connectivity index (χ4n) is 1.27. The van der Waals surface area contributed by atoms with E-state index in [1.165, 1.54) is 0 Å². The van der Waals surface area contributed by atoms with E-state index >= 15 is 0 Å². The molecule has 82 valence electrons. The van der Waals surface area contributed by atoms with E-state index in [4.69, 9.17) is 4.74 Å². The van der Waals surface area contributed by atoms with E-state index in [-0.39, 0.29) is 0 Å². The Labute approximate surface area is 108 Å². The second-order valence-electron chi connectivity index (χ2n) is 3.19. The largest absolute Gasteiger partial charge is 0.455 e. The molecule has 0 radical (unpaired) electrons. The zero-order chi connectivity index (χ0) is 11.4. The highest BCUT2D eigenvalue weighted by Crippen LogP contribution is 2.26. The van der Waals surface area contributed by atoms with Crippen LogP contribution in [0, 0.1) is 3.57 Å². The monoisotopic (exact) mass is 326 g/mol. The number of hydrogen-bond donors (Lipinski definition) is 1. The van der Waals surface area contributed by atoms with Crippen molar-refractivity contribution in [2.24, 2.45) is 0 Å². The summed E-state index contributed by atoms with van der Waals surface area (Å²) in [6, 6.07) is 9.79. The average Bonchev–Trinajstić information content (AvgIpc) is 2.32. The minimum atomic E-state index is 0.732. The van der Waals surface area contributed by atoms with Gasteiger partial charge in [-0.15, -0.1) is 0 Å². The van der Waals surface area contributed by atoms with Crippen LogP contribution in [0.1, 0.15) is 0 Å². The molecule has 0 saturated heterocycles. The molecule has 0 unspecified atom stereocenters. The van der Waals surface area contributed by atoms with Gasteiger partial charge < -0.3 is 10.1 Å². The van der Waals surface area contributed by atoms with Crippen LogP contribution >= 0.6 is 22.6 Å². The first kappa shape index (κ1) is 11.2. The fourth-order valence-corrected chi connectivity index (χ4v) is 1.76. The van der Waals surface area contributed by atoms with Gasteiger partial charge >= 0.3 is 0 Å². The number of para-hydroxylation sites is 1. The Bertz CT molecular complexity index is 488. The maximum Gasteiger partial charge on any atom is 0.147 e. The van der Waals surface area contributed by atoms with Gasteiger partial charge in [0.1, 0.15) is 11.5 Å². The van der Waals surface area contributed by atoms with E-state index in [0.717, 1.165) is 20.8 Å². The highest BCUT2D eigenvalue weighted by atomic mass is 127. The van der Waals surface area contributed by atoms with Crippen molar-refractivity contribution in [3.63, 3.8) is 0 Å². The normalized spacial score (nSPS) is 9.88. The molecule has 0 amide bonds. The molecule has 0 bridgehead atoms. The minimum Gasteiger partial charge on any atom is -0.455 e. The number of nitrogens with one attached hydrogen (secondary N) is 1. The molecule has 2 aromatic rings. The molecule has 0 aliphatic carbocycles. The molecular formula is C12H11IN2O. The summed E-state index contributed by atoms with van der Waals surface area (Å²) in [6.45, 7) is 0. The third-order valence-corrected chi connectivity index (χ3v) is 2.96. The van der Waals surface area contributed by atoms with Crippen LogP contribution in [0.25, 0.3) is 0 Å². The minimum absolute atomic E-state index is 0.732. The standard InChI is InChI=1S/C12H11IN2O/c1-14-9-6-10(8-15-7-9)16-12-5-3-2-4-11(12)13/h2-8,14H,1H3. The van der Waals surface area contributed by atoms with E-state index in [9.17, 15) is 0 Å². The number of aromatic nitrogens is 1. The number of anilines is 1. The van der Waals surface area contributed by atoms with Crippen molar-refractivity contribution in [2.45, 2.75) is 0 Å². The van der Waals surface area contributed by atoms with Crippen molar-refractivity contribution in [1.29, 1.82) is 0 Å². The summed E-state index contributed by atoms with van der Waals surface area (Å²) >= 11 is 2.24. The lowest BCUT2D eigenvalue weighted by atomic mass is 10.3. The van der Waals surface area contributed by atoms with Gasteiger partial charge in [-0.3, -0.25) is 4.98 Å². The van der Waals surface area contributed by atoms with E-state index in [1.54, 1.807) is 12.4 Å². The average molecular weight is 326 g/mol. The SMILES string of the molecule is CNc1cncc(Oc2ccccc2I)c1. The topological polar surface area (TPSA) is 34.2 Å². The quantitative estimate of drug-likeness (QED) is 0.877. The van der Waals surface area contributed by atoms with Crippen molar-refractivity contribution in [1.82, 2.24) is 4.98 Å². The Hall–Kier alpha value is -1.30. The predicted molar refractivity (Wildman–Crippen MR) is 73.0 cm³/mol. The molecule has 3 nitrogen and oxygen atoms in total. The Morgan fingerprint density at radius 3 is 2.81 bits per heavy atom. The van der Waals surface area contributed by atoms with Crippen molar-refractivity contribution in [3.8, 4) is 11.5 Å². The molecule has 0 atom stereocenters. The summed E-state index contributed by atoms with van der Waals surface area (Å²) in [6.07, 6.45) is 3.45. The second kappa shape index (κ2) is 5.16. The van der Waals surface area contributed by atoms with E-state index in [2.05, 4.69) is 32.9 Å². The van der Waals surface area contributed by atoms with Gasteiger partial charge in [0.15, 0.2) is 0 Å². The van der Waals surface area contributed by atoms with E-state index in [0.29, 0.717) is 0 Å². The molecule has 4 heteroatoms. The van der Waals surface area contributed by atoms with Crippen LogP contribution in [0.15, 0.2) is 42.7 Å². The van der Waals surface area contributed by atoms with E-state index < -0.39 is 0 Å².